The zero-order valence-corrected chi connectivity index (χ0v) is 14.2. The Morgan fingerprint density at radius 1 is 0.750 bits per heavy atom. The third-order valence-electron chi connectivity index (χ3n) is 2.96. The smallest absolute Gasteiger partial charge is 0.254 e. The van der Waals surface area contributed by atoms with Gasteiger partial charge in [-0.05, 0) is 24.3 Å². The largest absolute Gasteiger partial charge is 0.376 e. The fraction of sp³-hybridized carbons (Fsp3) is 0.125. The average Bonchev–Trinajstić information content (AvgIpc) is 2.61. The topological polar surface area (TPSA) is 98.7 Å². The zero-order chi connectivity index (χ0) is 17.4. The second kappa shape index (κ2) is 9.33. The lowest BCUT2D eigenvalue weighted by molar-refractivity contribution is 0.0897. The zero-order valence-electron chi connectivity index (χ0n) is 12.6. The Bertz CT molecular complexity index is 663. The first-order valence-electron chi connectivity index (χ1n) is 6.98. The molecule has 8 heteroatoms. The number of carbonyl (C=O) groups excluding carboxylic acids is 2. The highest BCUT2D eigenvalue weighted by Crippen LogP contribution is 2.40. The number of amides is 2. The Hall–Kier alpha value is -2.00. The minimum Gasteiger partial charge on any atom is -0.376 e. The summed E-state index contributed by atoms with van der Waals surface area (Å²) in [4.78, 5) is 25.3. The van der Waals surface area contributed by atoms with Crippen LogP contribution in [0, 0.1) is 0 Å². The molecule has 24 heavy (non-hydrogen) atoms. The number of aliphatic hydroxyl groups excluding tert-OH is 2. The first-order chi connectivity index (χ1) is 11.7. The summed E-state index contributed by atoms with van der Waals surface area (Å²) in [5.41, 5.74) is 0.891. The summed E-state index contributed by atoms with van der Waals surface area (Å²) in [6, 6.07) is 14.0. The van der Waals surface area contributed by atoms with Crippen molar-refractivity contribution in [3.05, 3.63) is 59.7 Å². The van der Waals surface area contributed by atoms with Gasteiger partial charge in [0.15, 0.2) is 0 Å². The highest BCUT2D eigenvalue weighted by molar-refractivity contribution is 8.76. The van der Waals surface area contributed by atoms with Gasteiger partial charge in [0, 0.05) is 9.79 Å². The van der Waals surface area contributed by atoms with Gasteiger partial charge in [0.2, 0.25) is 0 Å². The summed E-state index contributed by atoms with van der Waals surface area (Å²) in [5.74, 6) is -0.736. The van der Waals surface area contributed by atoms with Crippen LogP contribution in [-0.4, -0.2) is 35.5 Å². The first-order valence-corrected chi connectivity index (χ1v) is 9.13. The van der Waals surface area contributed by atoms with Gasteiger partial charge >= 0.3 is 0 Å². The molecule has 0 aliphatic heterocycles. The Labute approximate surface area is 147 Å². The van der Waals surface area contributed by atoms with E-state index in [0.717, 1.165) is 0 Å². The Morgan fingerprint density at radius 3 is 1.50 bits per heavy atom. The fourth-order valence-corrected chi connectivity index (χ4v) is 4.24. The van der Waals surface area contributed by atoms with Crippen LogP contribution in [0.3, 0.4) is 0 Å². The van der Waals surface area contributed by atoms with Crippen LogP contribution in [0.25, 0.3) is 0 Å². The molecule has 0 unspecified atom stereocenters. The fourth-order valence-electron chi connectivity index (χ4n) is 1.88. The van der Waals surface area contributed by atoms with Crippen LogP contribution in [-0.2, 0) is 0 Å². The molecule has 0 aromatic heterocycles. The molecule has 126 valence electrons. The third-order valence-corrected chi connectivity index (χ3v) is 5.45. The van der Waals surface area contributed by atoms with Crippen molar-refractivity contribution in [1.82, 2.24) is 10.6 Å². The number of rotatable bonds is 7. The van der Waals surface area contributed by atoms with Crippen LogP contribution in [0.2, 0.25) is 0 Å². The molecule has 2 amide bonds. The molecule has 0 bridgehead atoms. The van der Waals surface area contributed by atoms with E-state index in [-0.39, 0.29) is 11.8 Å². The highest BCUT2D eigenvalue weighted by atomic mass is 33.1. The molecule has 0 aliphatic carbocycles. The first kappa shape index (κ1) is 18.3. The number of aliphatic hydroxyl groups is 2. The maximum atomic E-state index is 12.0. The summed E-state index contributed by atoms with van der Waals surface area (Å²) >= 11 is 0. The van der Waals surface area contributed by atoms with E-state index in [2.05, 4.69) is 10.6 Å². The molecule has 0 aliphatic rings. The predicted octanol–water partition coefficient (Wildman–Crippen LogP) is 1.85. The molecule has 4 N–H and O–H groups in total. The van der Waals surface area contributed by atoms with Crippen molar-refractivity contribution in [2.45, 2.75) is 9.79 Å². The van der Waals surface area contributed by atoms with E-state index in [1.807, 2.05) is 12.1 Å². The maximum Gasteiger partial charge on any atom is 0.254 e. The van der Waals surface area contributed by atoms with Crippen molar-refractivity contribution in [3.63, 3.8) is 0 Å². The van der Waals surface area contributed by atoms with Crippen molar-refractivity contribution in [2.24, 2.45) is 0 Å². The van der Waals surface area contributed by atoms with Gasteiger partial charge in [-0.15, -0.1) is 0 Å². The molecule has 0 spiro atoms. The molecule has 0 saturated heterocycles. The van der Waals surface area contributed by atoms with Crippen LogP contribution >= 0.6 is 21.6 Å². The molecule has 0 atom stereocenters. The van der Waals surface area contributed by atoms with E-state index in [9.17, 15) is 9.59 Å². The number of carbonyl (C=O) groups is 2. The standard InChI is InChI=1S/C16H16N2O4S2/c19-9-17-15(21)11-5-1-3-7-13(11)23-24-14-8-4-2-6-12(14)16(22)18-10-20/h1-8,19-20H,9-10H2,(H,17,21)(H,18,22). The van der Waals surface area contributed by atoms with E-state index in [1.165, 1.54) is 21.6 Å². The number of hydrogen-bond donors (Lipinski definition) is 4. The van der Waals surface area contributed by atoms with Crippen molar-refractivity contribution in [3.8, 4) is 0 Å². The van der Waals surface area contributed by atoms with Crippen molar-refractivity contribution < 1.29 is 19.8 Å². The third kappa shape index (κ3) is 4.75. The van der Waals surface area contributed by atoms with Crippen LogP contribution in [0.4, 0.5) is 0 Å². The summed E-state index contributed by atoms with van der Waals surface area (Å²) < 4.78 is 0. The van der Waals surface area contributed by atoms with E-state index < -0.39 is 13.5 Å². The van der Waals surface area contributed by atoms with Gasteiger partial charge in [-0.25, -0.2) is 0 Å². The van der Waals surface area contributed by atoms with Gasteiger partial charge in [0.05, 0.1) is 11.1 Å². The molecular formula is C16H16N2O4S2. The van der Waals surface area contributed by atoms with Crippen LogP contribution < -0.4 is 10.6 Å². The van der Waals surface area contributed by atoms with Crippen LogP contribution in [0.15, 0.2) is 58.3 Å². The molecule has 0 saturated carbocycles. The van der Waals surface area contributed by atoms with Crippen molar-refractivity contribution >= 4 is 33.4 Å². The predicted molar refractivity (Wildman–Crippen MR) is 93.7 cm³/mol. The molecule has 2 rings (SSSR count). The quantitative estimate of drug-likeness (QED) is 0.442. The lowest BCUT2D eigenvalue weighted by Gasteiger charge is -2.10. The second-order valence-electron chi connectivity index (χ2n) is 4.49. The van der Waals surface area contributed by atoms with E-state index in [1.54, 1.807) is 36.4 Å². The number of benzene rings is 2. The van der Waals surface area contributed by atoms with Gasteiger partial charge in [-0.1, -0.05) is 45.9 Å². The Balaban J connectivity index is 2.18. The summed E-state index contributed by atoms with van der Waals surface area (Å²) in [6.45, 7) is -0.871. The van der Waals surface area contributed by atoms with Gasteiger partial charge in [-0.2, -0.15) is 0 Å². The van der Waals surface area contributed by atoms with E-state index >= 15 is 0 Å². The molecule has 2 aromatic rings. The summed E-state index contributed by atoms with van der Waals surface area (Å²) in [7, 11) is 2.67. The monoisotopic (exact) mass is 364 g/mol. The minimum atomic E-state index is -0.435. The summed E-state index contributed by atoms with van der Waals surface area (Å²) in [6.07, 6.45) is 0. The van der Waals surface area contributed by atoms with Crippen molar-refractivity contribution in [2.75, 3.05) is 13.5 Å². The van der Waals surface area contributed by atoms with E-state index in [0.29, 0.717) is 20.9 Å². The molecule has 0 radical (unpaired) electrons. The molecule has 0 fully saturated rings. The van der Waals surface area contributed by atoms with Crippen molar-refractivity contribution in [1.29, 1.82) is 0 Å². The molecule has 6 nitrogen and oxygen atoms in total. The number of nitrogens with one attached hydrogen (secondary N) is 2. The normalized spacial score (nSPS) is 10.2. The average molecular weight is 364 g/mol. The lowest BCUT2D eigenvalue weighted by atomic mass is 10.2. The van der Waals surface area contributed by atoms with Gasteiger partial charge < -0.3 is 20.8 Å². The molecule has 2 aromatic carbocycles. The molecule has 0 heterocycles. The highest BCUT2D eigenvalue weighted by Gasteiger charge is 2.14. The number of hydrogen-bond acceptors (Lipinski definition) is 6. The lowest BCUT2D eigenvalue weighted by Crippen LogP contribution is -2.24. The Morgan fingerprint density at radius 2 is 1.12 bits per heavy atom. The summed E-state index contributed by atoms with van der Waals surface area (Å²) in [5, 5.41) is 22.4. The van der Waals surface area contributed by atoms with Gasteiger partial charge in [0.1, 0.15) is 13.5 Å². The van der Waals surface area contributed by atoms with Gasteiger partial charge in [0.25, 0.3) is 11.8 Å². The Kier molecular flexibility index (Phi) is 7.13. The second-order valence-corrected chi connectivity index (χ2v) is 6.70. The van der Waals surface area contributed by atoms with Gasteiger partial charge in [-0.3, -0.25) is 9.59 Å². The van der Waals surface area contributed by atoms with Crippen LogP contribution in [0.1, 0.15) is 20.7 Å². The van der Waals surface area contributed by atoms with Crippen LogP contribution in [0.5, 0.6) is 0 Å². The maximum absolute atomic E-state index is 12.0. The van der Waals surface area contributed by atoms with E-state index in [4.69, 9.17) is 10.2 Å². The SMILES string of the molecule is O=C(NCO)c1ccccc1SSc1ccccc1C(=O)NCO. The minimum absolute atomic E-state index is 0.368. The molecular weight excluding hydrogens is 348 g/mol.